The number of ether oxygens (including phenoxy) is 1. The van der Waals surface area contributed by atoms with E-state index in [2.05, 4.69) is 35.7 Å². The number of carbonyl (C=O) groups is 2. The van der Waals surface area contributed by atoms with E-state index in [9.17, 15) is 9.59 Å². The standard InChI is InChI=1S/C25H39N3O4/c1-5-26-22(29)31-21-10-9-19-18-8-7-16-15-17(28-32-23(30)27-6-2)11-13-24(16,3)20(18)12-14-25(19,21)4/h15,18-21H,5-14H2,1-4H3,(H,26,29)(H,27,30)/b28-17+/t18-,19-,20-,21-,24-,25-/m0/s1. The summed E-state index contributed by atoms with van der Waals surface area (Å²) in [5, 5.41) is 9.53. The Balaban J connectivity index is 1.48. The number of hydrogen-bond acceptors (Lipinski definition) is 5. The highest BCUT2D eigenvalue weighted by Gasteiger charge is 2.59. The van der Waals surface area contributed by atoms with Gasteiger partial charge < -0.3 is 15.4 Å². The van der Waals surface area contributed by atoms with E-state index >= 15 is 0 Å². The van der Waals surface area contributed by atoms with Crippen LogP contribution in [0.2, 0.25) is 0 Å². The average molecular weight is 446 g/mol. The smallest absolute Gasteiger partial charge is 0.433 e. The zero-order valence-electron chi connectivity index (χ0n) is 20.0. The zero-order valence-corrected chi connectivity index (χ0v) is 20.0. The SMILES string of the molecule is CCNC(=O)O/N=C1/C=C2CC[C@H]3[C@@H]4CC[C@H](OC(=O)NCC)[C@@]4(C)CC[C@@H]3[C@@]2(C)CC1. The van der Waals surface area contributed by atoms with Gasteiger partial charge in [0.15, 0.2) is 0 Å². The third kappa shape index (κ3) is 4.03. The fourth-order valence-corrected chi connectivity index (χ4v) is 7.38. The maximum atomic E-state index is 12.1. The number of hydrogen-bond donors (Lipinski definition) is 2. The Bertz CT molecular complexity index is 809. The number of rotatable bonds is 4. The Morgan fingerprint density at radius 2 is 1.75 bits per heavy atom. The summed E-state index contributed by atoms with van der Waals surface area (Å²) < 4.78 is 5.89. The third-order valence-electron chi connectivity index (χ3n) is 9.03. The molecule has 0 aliphatic heterocycles. The lowest BCUT2D eigenvalue weighted by atomic mass is 9.47. The van der Waals surface area contributed by atoms with Gasteiger partial charge >= 0.3 is 12.2 Å². The van der Waals surface area contributed by atoms with Crippen molar-refractivity contribution in [2.75, 3.05) is 13.1 Å². The fourth-order valence-electron chi connectivity index (χ4n) is 7.38. The van der Waals surface area contributed by atoms with Crippen molar-refractivity contribution in [2.45, 2.75) is 85.2 Å². The first-order valence-electron chi connectivity index (χ1n) is 12.5. The Kier molecular flexibility index (Phi) is 6.55. The Hall–Kier alpha value is -2.05. The molecule has 2 N–H and O–H groups in total. The van der Waals surface area contributed by atoms with Crippen LogP contribution in [0.5, 0.6) is 0 Å². The van der Waals surface area contributed by atoms with Gasteiger partial charge in [0.05, 0.1) is 5.71 Å². The minimum atomic E-state index is -0.493. The molecular formula is C25H39N3O4. The van der Waals surface area contributed by atoms with Crippen molar-refractivity contribution in [2.24, 2.45) is 33.7 Å². The van der Waals surface area contributed by atoms with Crippen molar-refractivity contribution in [3.8, 4) is 0 Å². The molecule has 32 heavy (non-hydrogen) atoms. The molecule has 0 saturated heterocycles. The van der Waals surface area contributed by atoms with Crippen LogP contribution < -0.4 is 10.6 Å². The first kappa shape index (κ1) is 23.1. The lowest BCUT2D eigenvalue weighted by Gasteiger charge is -2.57. The van der Waals surface area contributed by atoms with Crippen molar-refractivity contribution >= 4 is 17.9 Å². The van der Waals surface area contributed by atoms with E-state index < -0.39 is 6.09 Å². The van der Waals surface area contributed by atoms with Crippen LogP contribution in [0.3, 0.4) is 0 Å². The quantitative estimate of drug-likeness (QED) is 0.462. The zero-order chi connectivity index (χ0) is 22.9. The van der Waals surface area contributed by atoms with Gasteiger partial charge in [-0.2, -0.15) is 0 Å². The number of nitrogens with one attached hydrogen (secondary N) is 2. The second kappa shape index (κ2) is 9.06. The summed E-state index contributed by atoms with van der Waals surface area (Å²) in [4.78, 5) is 28.7. The number of amides is 2. The number of nitrogens with zero attached hydrogens (tertiary/aromatic N) is 1. The molecule has 0 heterocycles. The predicted octanol–water partition coefficient (Wildman–Crippen LogP) is 5.17. The fraction of sp³-hybridized carbons (Fsp3) is 0.800. The van der Waals surface area contributed by atoms with E-state index in [0.29, 0.717) is 30.8 Å². The molecule has 0 unspecified atom stereocenters. The van der Waals surface area contributed by atoms with Gasteiger partial charge in [0.2, 0.25) is 0 Å². The summed E-state index contributed by atoms with van der Waals surface area (Å²) in [5.41, 5.74) is 2.62. The first-order valence-corrected chi connectivity index (χ1v) is 12.5. The van der Waals surface area contributed by atoms with Crippen LogP contribution in [0.25, 0.3) is 0 Å². The van der Waals surface area contributed by atoms with Gasteiger partial charge in [-0.3, -0.25) is 4.84 Å². The number of oxime groups is 1. The van der Waals surface area contributed by atoms with Crippen LogP contribution in [0.4, 0.5) is 9.59 Å². The van der Waals surface area contributed by atoms with Crippen molar-refractivity contribution in [1.82, 2.24) is 10.6 Å². The first-order chi connectivity index (χ1) is 15.3. The van der Waals surface area contributed by atoms with E-state index in [1.165, 1.54) is 18.4 Å². The highest BCUT2D eigenvalue weighted by atomic mass is 16.7. The summed E-state index contributed by atoms with van der Waals surface area (Å²) in [6, 6.07) is 0. The molecule has 0 bridgehead atoms. The molecule has 4 rings (SSSR count). The minimum Gasteiger partial charge on any atom is -0.446 e. The van der Waals surface area contributed by atoms with Gasteiger partial charge in [-0.25, -0.2) is 9.59 Å². The van der Waals surface area contributed by atoms with E-state index in [-0.39, 0.29) is 23.0 Å². The summed E-state index contributed by atoms with van der Waals surface area (Å²) in [6.07, 6.45) is 10.1. The average Bonchev–Trinajstić information content (AvgIpc) is 3.08. The molecule has 0 aromatic heterocycles. The summed E-state index contributed by atoms with van der Waals surface area (Å²) in [6.45, 7) is 9.71. The topological polar surface area (TPSA) is 89.0 Å². The third-order valence-corrected chi connectivity index (χ3v) is 9.03. The van der Waals surface area contributed by atoms with Crippen LogP contribution >= 0.6 is 0 Å². The molecular weight excluding hydrogens is 406 g/mol. The summed E-state index contributed by atoms with van der Waals surface area (Å²) >= 11 is 0. The van der Waals surface area contributed by atoms with E-state index in [0.717, 1.165) is 44.2 Å². The van der Waals surface area contributed by atoms with E-state index in [4.69, 9.17) is 9.57 Å². The molecule has 2 amide bonds. The molecule has 4 aliphatic rings. The molecule has 3 saturated carbocycles. The van der Waals surface area contributed by atoms with Gasteiger partial charge in [-0.15, -0.1) is 0 Å². The molecule has 3 fully saturated rings. The molecule has 0 radical (unpaired) electrons. The van der Waals surface area contributed by atoms with Crippen LogP contribution in [0.15, 0.2) is 16.8 Å². The van der Waals surface area contributed by atoms with Crippen LogP contribution in [-0.4, -0.2) is 37.1 Å². The molecule has 0 aromatic carbocycles. The molecule has 7 nitrogen and oxygen atoms in total. The molecule has 178 valence electrons. The van der Waals surface area contributed by atoms with Gasteiger partial charge in [0, 0.05) is 18.5 Å². The lowest BCUT2D eigenvalue weighted by Crippen LogP contribution is -2.52. The van der Waals surface area contributed by atoms with Crippen LogP contribution in [0, 0.1) is 28.6 Å². The lowest BCUT2D eigenvalue weighted by molar-refractivity contribution is -0.0751. The minimum absolute atomic E-state index is 0.0289. The maximum Gasteiger partial charge on any atom is 0.433 e. The molecule has 4 aliphatic carbocycles. The number of alkyl carbamates (subject to hydrolysis) is 1. The van der Waals surface area contributed by atoms with Gasteiger partial charge in [-0.1, -0.05) is 24.6 Å². The highest BCUT2D eigenvalue weighted by molar-refractivity contribution is 5.96. The predicted molar refractivity (Wildman–Crippen MR) is 123 cm³/mol. The van der Waals surface area contributed by atoms with Gasteiger partial charge in [0.1, 0.15) is 6.10 Å². The van der Waals surface area contributed by atoms with Crippen molar-refractivity contribution in [3.63, 3.8) is 0 Å². The van der Waals surface area contributed by atoms with Crippen molar-refractivity contribution in [3.05, 3.63) is 11.6 Å². The molecule has 7 heteroatoms. The summed E-state index contributed by atoms with van der Waals surface area (Å²) in [7, 11) is 0. The largest absolute Gasteiger partial charge is 0.446 e. The normalized spacial score (nSPS) is 39.2. The van der Waals surface area contributed by atoms with E-state index in [1.54, 1.807) is 0 Å². The monoisotopic (exact) mass is 445 g/mol. The Morgan fingerprint density at radius 3 is 2.50 bits per heavy atom. The van der Waals surface area contributed by atoms with Crippen LogP contribution in [-0.2, 0) is 9.57 Å². The molecule has 0 spiro atoms. The van der Waals surface area contributed by atoms with Gasteiger partial charge in [0.25, 0.3) is 0 Å². The highest BCUT2D eigenvalue weighted by Crippen LogP contribution is 2.65. The second-order valence-corrected chi connectivity index (χ2v) is 10.5. The summed E-state index contributed by atoms with van der Waals surface area (Å²) in [5.74, 6) is 1.97. The molecule has 6 atom stereocenters. The van der Waals surface area contributed by atoms with Crippen molar-refractivity contribution in [1.29, 1.82) is 0 Å². The number of fused-ring (bicyclic) bond motifs is 5. The van der Waals surface area contributed by atoms with Crippen LogP contribution in [0.1, 0.15) is 79.1 Å². The number of allylic oxidation sites excluding steroid dienone is 2. The Labute approximate surface area is 191 Å². The van der Waals surface area contributed by atoms with Crippen molar-refractivity contribution < 1.29 is 19.2 Å². The van der Waals surface area contributed by atoms with Gasteiger partial charge in [-0.05, 0) is 94.5 Å². The second-order valence-electron chi connectivity index (χ2n) is 10.5. The number of carbonyl (C=O) groups excluding carboxylic acids is 2. The molecule has 0 aromatic rings. The van der Waals surface area contributed by atoms with E-state index in [1.807, 2.05) is 13.8 Å². The maximum absolute atomic E-state index is 12.1. The Morgan fingerprint density at radius 1 is 1.00 bits per heavy atom.